The Kier molecular flexibility index (Phi) is 2.81. The highest BCUT2D eigenvalue weighted by atomic mass is 16.4. The molecule has 0 unspecified atom stereocenters. The van der Waals surface area contributed by atoms with E-state index < -0.39 is 0 Å². The van der Waals surface area contributed by atoms with Gasteiger partial charge in [0.05, 0.1) is 5.71 Å². The van der Waals surface area contributed by atoms with Crippen molar-refractivity contribution in [3.05, 3.63) is 11.1 Å². The lowest BCUT2D eigenvalue weighted by Crippen LogP contribution is -2.37. The molecule has 0 heterocycles. The summed E-state index contributed by atoms with van der Waals surface area (Å²) in [4.78, 5) is 0. The van der Waals surface area contributed by atoms with Crippen molar-refractivity contribution in [2.45, 2.75) is 60.8 Å². The van der Waals surface area contributed by atoms with Gasteiger partial charge in [-0.15, -0.1) is 0 Å². The molecule has 4 aliphatic carbocycles. The normalized spacial score (nSPS) is 52.9. The molecule has 22 heavy (non-hydrogen) atoms. The van der Waals surface area contributed by atoms with Crippen molar-refractivity contribution in [3.63, 3.8) is 0 Å². The van der Waals surface area contributed by atoms with Crippen LogP contribution in [0.1, 0.15) is 60.8 Å². The number of hydrogen-bond acceptors (Lipinski definition) is 2. The molecule has 0 spiro atoms. The lowest BCUT2D eigenvalue weighted by Gasteiger charge is -2.42. The monoisotopic (exact) mass is 301 g/mol. The molecule has 4 bridgehead atoms. The van der Waals surface area contributed by atoms with Crippen LogP contribution in [0.5, 0.6) is 0 Å². The van der Waals surface area contributed by atoms with Crippen LogP contribution in [0.2, 0.25) is 0 Å². The molecule has 0 aromatic rings. The maximum Gasteiger partial charge on any atom is 0.0864 e. The van der Waals surface area contributed by atoms with E-state index in [-0.39, 0.29) is 0 Å². The van der Waals surface area contributed by atoms with Crippen molar-refractivity contribution < 1.29 is 5.21 Å². The minimum absolute atomic E-state index is 0.349. The Morgan fingerprint density at radius 3 is 2.14 bits per heavy atom. The van der Waals surface area contributed by atoms with Crippen LogP contribution in [-0.2, 0) is 0 Å². The Balaban J connectivity index is 1.81. The zero-order valence-electron chi connectivity index (χ0n) is 15.0. The topological polar surface area (TPSA) is 32.6 Å². The summed E-state index contributed by atoms with van der Waals surface area (Å²) in [6.45, 7) is 14.6. The molecule has 2 nitrogen and oxygen atoms in total. The van der Waals surface area contributed by atoms with Crippen LogP contribution < -0.4 is 0 Å². The van der Waals surface area contributed by atoms with Crippen LogP contribution in [-0.4, -0.2) is 10.9 Å². The van der Waals surface area contributed by atoms with E-state index >= 15 is 0 Å². The van der Waals surface area contributed by atoms with E-state index in [9.17, 15) is 5.21 Å². The number of nitrogens with zero attached hydrogens (tertiary/aromatic N) is 1. The molecular weight excluding hydrogens is 270 g/mol. The fraction of sp³-hybridized carbons (Fsp3) is 0.850. The first-order valence-electron chi connectivity index (χ1n) is 9.16. The van der Waals surface area contributed by atoms with E-state index in [1.807, 2.05) is 0 Å². The number of fused-ring (bicyclic) bond motifs is 4. The Bertz CT molecular complexity index is 579. The van der Waals surface area contributed by atoms with E-state index in [0.717, 1.165) is 23.5 Å². The van der Waals surface area contributed by atoms with E-state index in [1.54, 1.807) is 5.57 Å². The quantitative estimate of drug-likeness (QED) is 0.488. The molecule has 4 saturated carbocycles. The van der Waals surface area contributed by atoms with Crippen LogP contribution in [0.15, 0.2) is 16.3 Å². The maximum atomic E-state index is 9.70. The van der Waals surface area contributed by atoms with Crippen LogP contribution in [0, 0.1) is 46.3 Å². The standard InChI is InChI=1S/C20H31NO/c1-10-13-7-12(19(10,3)4)8-15(13)17-16-9-14(18(17)21-22)11(2)20(16,5)6/h10-14,16,22H,7-9H2,1-6H3/b17-15-,21-18-/t10-,11-,12+,13+,14-,16+/m0/s1. The summed E-state index contributed by atoms with van der Waals surface area (Å²) in [6.07, 6.45) is 3.82. The molecule has 0 aromatic heterocycles. The highest BCUT2D eigenvalue weighted by Gasteiger charge is 2.60. The van der Waals surface area contributed by atoms with Gasteiger partial charge in [0.15, 0.2) is 0 Å². The minimum Gasteiger partial charge on any atom is -0.411 e. The number of allylic oxidation sites excluding steroid dienone is 2. The molecule has 0 aromatic carbocycles. The first-order chi connectivity index (χ1) is 10.2. The summed E-state index contributed by atoms with van der Waals surface area (Å²) in [7, 11) is 0. The van der Waals surface area contributed by atoms with E-state index in [2.05, 4.69) is 46.7 Å². The second kappa shape index (κ2) is 4.19. The summed E-state index contributed by atoms with van der Waals surface area (Å²) in [5, 5.41) is 13.5. The predicted molar refractivity (Wildman–Crippen MR) is 89.9 cm³/mol. The molecule has 6 atom stereocenters. The average Bonchev–Trinajstić information content (AvgIpc) is 3.14. The van der Waals surface area contributed by atoms with Gasteiger partial charge < -0.3 is 5.21 Å². The molecular formula is C20H31NO. The molecule has 122 valence electrons. The summed E-state index contributed by atoms with van der Waals surface area (Å²) in [5.41, 5.74) is 5.06. The van der Waals surface area contributed by atoms with E-state index in [4.69, 9.17) is 0 Å². The lowest BCUT2D eigenvalue weighted by atomic mass is 9.62. The van der Waals surface area contributed by atoms with Gasteiger partial charge in [-0.25, -0.2) is 0 Å². The van der Waals surface area contributed by atoms with Crippen molar-refractivity contribution in [1.29, 1.82) is 0 Å². The van der Waals surface area contributed by atoms with E-state index in [0.29, 0.717) is 28.6 Å². The Morgan fingerprint density at radius 2 is 1.59 bits per heavy atom. The molecule has 2 heteroatoms. The molecule has 0 aliphatic heterocycles. The molecule has 0 saturated heterocycles. The summed E-state index contributed by atoms with van der Waals surface area (Å²) in [5.74, 6) is 4.04. The fourth-order valence-corrected chi connectivity index (χ4v) is 6.55. The van der Waals surface area contributed by atoms with Gasteiger partial charge in [-0.3, -0.25) is 0 Å². The highest BCUT2D eigenvalue weighted by Crippen LogP contribution is 2.66. The smallest absolute Gasteiger partial charge is 0.0864 e. The number of rotatable bonds is 0. The summed E-state index contributed by atoms with van der Waals surface area (Å²) >= 11 is 0. The zero-order chi connectivity index (χ0) is 16.0. The number of oxime groups is 1. The van der Waals surface area contributed by atoms with Gasteiger partial charge in [0.2, 0.25) is 0 Å². The average molecular weight is 301 g/mol. The van der Waals surface area contributed by atoms with Crippen molar-refractivity contribution in [3.8, 4) is 0 Å². The first kappa shape index (κ1) is 14.8. The highest BCUT2D eigenvalue weighted by molar-refractivity contribution is 6.06. The van der Waals surface area contributed by atoms with Gasteiger partial charge >= 0.3 is 0 Å². The van der Waals surface area contributed by atoms with Crippen molar-refractivity contribution in [2.24, 2.45) is 51.5 Å². The fourth-order valence-electron chi connectivity index (χ4n) is 6.55. The molecule has 0 amide bonds. The molecule has 4 aliphatic rings. The third-order valence-electron chi connectivity index (χ3n) is 8.88. The van der Waals surface area contributed by atoms with Crippen molar-refractivity contribution >= 4 is 5.71 Å². The SMILES string of the molecule is C[C@H]1[C@H]2C[C@H](C/C2=C2/C(=N\O)[C@H]3C[C@H]2C(C)(C)[C@H]3C)C1(C)C. The Hall–Kier alpha value is -0.790. The summed E-state index contributed by atoms with van der Waals surface area (Å²) in [6, 6.07) is 0. The maximum absolute atomic E-state index is 9.70. The van der Waals surface area contributed by atoms with Crippen molar-refractivity contribution in [1.82, 2.24) is 0 Å². The second-order valence-electron chi connectivity index (χ2n) is 9.78. The van der Waals surface area contributed by atoms with Gasteiger partial charge in [0.25, 0.3) is 0 Å². The number of hydrogen-bond donors (Lipinski definition) is 1. The zero-order valence-corrected chi connectivity index (χ0v) is 15.0. The van der Waals surface area contributed by atoms with Gasteiger partial charge in [-0.1, -0.05) is 52.3 Å². The second-order valence-corrected chi connectivity index (χ2v) is 9.78. The predicted octanol–water partition coefficient (Wildman–Crippen LogP) is 5.13. The van der Waals surface area contributed by atoms with E-state index in [1.165, 1.54) is 24.8 Å². The van der Waals surface area contributed by atoms with Gasteiger partial charge in [-0.2, -0.15) is 0 Å². The van der Waals surface area contributed by atoms with Crippen LogP contribution >= 0.6 is 0 Å². The van der Waals surface area contributed by atoms with Crippen LogP contribution in [0.25, 0.3) is 0 Å². The molecule has 4 rings (SSSR count). The largest absolute Gasteiger partial charge is 0.411 e. The van der Waals surface area contributed by atoms with Crippen molar-refractivity contribution in [2.75, 3.05) is 0 Å². The van der Waals surface area contributed by atoms with Crippen LogP contribution in [0.4, 0.5) is 0 Å². The third kappa shape index (κ3) is 1.50. The molecule has 1 N–H and O–H groups in total. The lowest BCUT2D eigenvalue weighted by molar-refractivity contribution is 0.160. The molecule has 4 fully saturated rings. The first-order valence-corrected chi connectivity index (χ1v) is 9.16. The Labute approximate surface area is 135 Å². The summed E-state index contributed by atoms with van der Waals surface area (Å²) < 4.78 is 0. The third-order valence-corrected chi connectivity index (χ3v) is 8.88. The Morgan fingerprint density at radius 1 is 0.955 bits per heavy atom. The van der Waals surface area contributed by atoms with Crippen LogP contribution in [0.3, 0.4) is 0 Å². The van der Waals surface area contributed by atoms with Gasteiger partial charge in [-0.05, 0) is 65.3 Å². The minimum atomic E-state index is 0.349. The van der Waals surface area contributed by atoms with Gasteiger partial charge in [0.1, 0.15) is 0 Å². The van der Waals surface area contributed by atoms with Gasteiger partial charge in [0, 0.05) is 5.92 Å². The molecule has 0 radical (unpaired) electrons.